The monoisotopic (exact) mass is 413 g/mol. The van der Waals surface area contributed by atoms with Gasteiger partial charge in [0.2, 0.25) is 5.60 Å². The van der Waals surface area contributed by atoms with Crippen LogP contribution in [0.4, 0.5) is 0 Å². The normalized spacial score (nSPS) is 22.8. The van der Waals surface area contributed by atoms with Gasteiger partial charge in [-0.25, -0.2) is 4.98 Å². The molecular weight excluding hydrogens is 394 g/mol. The first kappa shape index (κ1) is 19.4. The largest absolute Gasteiger partial charge is 0.490 e. The first-order valence-electron chi connectivity index (χ1n) is 8.94. The maximum atomic E-state index is 12.1. The summed E-state index contributed by atoms with van der Waals surface area (Å²) >= 11 is 1.18. The number of likely N-dealkylation sites (N-methyl/N-ethyl adjacent to an activating group) is 1. The average molecular weight is 413 g/mol. The fourth-order valence-electron chi connectivity index (χ4n) is 3.33. The number of hydrogen-bond acceptors (Lipinski definition) is 7. The summed E-state index contributed by atoms with van der Waals surface area (Å²) < 4.78 is 11.3. The Hall–Kier alpha value is -2.93. The van der Waals surface area contributed by atoms with Crippen LogP contribution < -0.4 is 10.5 Å². The molecule has 4 rings (SSSR count). The Kier molecular flexibility index (Phi) is 4.78. The van der Waals surface area contributed by atoms with Crippen molar-refractivity contribution in [3.8, 4) is 28.8 Å². The number of primary amides is 1. The van der Waals surface area contributed by atoms with Gasteiger partial charge >= 0.3 is 0 Å². The molecule has 2 aliphatic heterocycles. The highest BCUT2D eigenvalue weighted by molar-refractivity contribution is 7.14. The predicted octanol–water partition coefficient (Wildman–Crippen LogP) is 0.934. The average Bonchev–Trinajstić information content (AvgIpc) is 3.21. The zero-order chi connectivity index (χ0) is 20.8. The molecule has 3 heterocycles. The third-order valence-electron chi connectivity index (χ3n) is 4.99. The molecule has 1 unspecified atom stereocenters. The minimum absolute atomic E-state index is 0.190. The number of likely N-dealkylation sites (tertiary alicyclic amines) is 1. The van der Waals surface area contributed by atoms with Crippen LogP contribution in [0.15, 0.2) is 18.2 Å². The van der Waals surface area contributed by atoms with Crippen LogP contribution in [0.5, 0.6) is 5.75 Å². The number of nitrogens with two attached hydrogens (primary N) is 1. The number of carbonyl (C=O) groups excluding carboxylic acids is 2. The molecule has 8 nitrogen and oxygen atoms in total. The summed E-state index contributed by atoms with van der Waals surface area (Å²) in [6.07, 6.45) is -0.123. The first-order valence-corrected chi connectivity index (χ1v) is 9.75. The molecule has 3 N–H and O–H groups in total. The van der Waals surface area contributed by atoms with Gasteiger partial charge in [-0.05, 0) is 18.2 Å². The molecule has 9 heteroatoms. The highest BCUT2D eigenvalue weighted by atomic mass is 32.1. The number of hydrogen-bond donors (Lipinski definition) is 2. The van der Waals surface area contributed by atoms with Gasteiger partial charge < -0.3 is 25.2 Å². The van der Waals surface area contributed by atoms with Gasteiger partial charge in [0, 0.05) is 38.2 Å². The predicted molar refractivity (Wildman–Crippen MR) is 105 cm³/mol. The number of nitrogens with zero attached hydrogens (tertiary/aromatic N) is 2. The summed E-state index contributed by atoms with van der Waals surface area (Å²) in [5, 5.41) is 10.7. The Morgan fingerprint density at radius 2 is 2.31 bits per heavy atom. The van der Waals surface area contributed by atoms with Crippen molar-refractivity contribution in [3.05, 3.63) is 33.6 Å². The van der Waals surface area contributed by atoms with E-state index in [-0.39, 0.29) is 24.1 Å². The highest BCUT2D eigenvalue weighted by Gasteiger charge is 2.42. The quantitative estimate of drug-likeness (QED) is 0.708. The van der Waals surface area contributed by atoms with Crippen molar-refractivity contribution in [3.63, 3.8) is 0 Å². The van der Waals surface area contributed by atoms with Crippen molar-refractivity contribution >= 4 is 23.2 Å². The topological polar surface area (TPSA) is 115 Å². The number of thiazole rings is 1. The summed E-state index contributed by atoms with van der Waals surface area (Å²) in [5.74, 6) is 5.15. The van der Waals surface area contributed by atoms with E-state index in [0.29, 0.717) is 29.1 Å². The number of aliphatic hydroxyl groups is 1. The number of amides is 2. The number of aromatic nitrogens is 1. The van der Waals surface area contributed by atoms with Crippen molar-refractivity contribution in [2.75, 3.05) is 27.3 Å². The van der Waals surface area contributed by atoms with Crippen LogP contribution in [0, 0.1) is 11.8 Å². The standard InChI is InChI=1S/C20H19N3O5S/c1-23-8-7-20(26,19(23)25)6-5-11-3-4-13-12(9-11)15-16(14(27-2)10-28-13)29-18(22-15)17(21)24/h3-4,9,14,26H,7-8,10H2,1-2H3,(H2,21,24)/t14?,20-/m0/s1. The molecule has 0 aliphatic carbocycles. The van der Waals surface area contributed by atoms with Crippen LogP contribution in [0.1, 0.15) is 32.8 Å². The van der Waals surface area contributed by atoms with E-state index >= 15 is 0 Å². The minimum atomic E-state index is -1.68. The van der Waals surface area contributed by atoms with Crippen molar-refractivity contribution in [1.29, 1.82) is 0 Å². The molecular formula is C20H19N3O5S. The molecule has 2 aliphatic rings. The van der Waals surface area contributed by atoms with Crippen LogP contribution in [0.3, 0.4) is 0 Å². The third-order valence-corrected chi connectivity index (χ3v) is 6.15. The van der Waals surface area contributed by atoms with E-state index in [0.717, 1.165) is 4.88 Å². The summed E-state index contributed by atoms with van der Waals surface area (Å²) in [4.78, 5) is 30.3. The van der Waals surface area contributed by atoms with Crippen LogP contribution in [0.25, 0.3) is 11.3 Å². The molecule has 150 valence electrons. The Labute approximate surface area is 171 Å². The van der Waals surface area contributed by atoms with Crippen LogP contribution in [-0.2, 0) is 9.53 Å². The number of carbonyl (C=O) groups is 2. The molecule has 1 saturated heterocycles. The molecule has 2 aromatic rings. The van der Waals surface area contributed by atoms with Crippen molar-refractivity contribution < 1.29 is 24.2 Å². The van der Waals surface area contributed by atoms with E-state index in [4.69, 9.17) is 15.2 Å². The van der Waals surface area contributed by atoms with Crippen molar-refractivity contribution in [2.24, 2.45) is 5.73 Å². The number of ether oxygens (including phenoxy) is 2. The lowest BCUT2D eigenvalue weighted by Crippen LogP contribution is -2.37. The molecule has 0 spiro atoms. The lowest BCUT2D eigenvalue weighted by Gasteiger charge is -2.13. The van der Waals surface area contributed by atoms with Gasteiger partial charge in [-0.15, -0.1) is 11.3 Å². The Morgan fingerprint density at radius 3 is 2.97 bits per heavy atom. The van der Waals surface area contributed by atoms with Gasteiger partial charge in [-0.3, -0.25) is 9.59 Å². The number of benzene rings is 1. The second-order valence-electron chi connectivity index (χ2n) is 6.93. The zero-order valence-electron chi connectivity index (χ0n) is 15.9. The fourth-order valence-corrected chi connectivity index (χ4v) is 4.32. The van der Waals surface area contributed by atoms with Gasteiger partial charge in [-0.2, -0.15) is 0 Å². The Balaban J connectivity index is 1.77. The van der Waals surface area contributed by atoms with Gasteiger partial charge in [0.25, 0.3) is 11.8 Å². The summed E-state index contributed by atoms with van der Waals surface area (Å²) in [6, 6.07) is 5.25. The maximum Gasteiger partial charge on any atom is 0.277 e. The van der Waals surface area contributed by atoms with Crippen LogP contribution in [0.2, 0.25) is 0 Å². The molecule has 0 radical (unpaired) electrons. The van der Waals surface area contributed by atoms with Gasteiger partial charge in [0.05, 0.1) is 10.6 Å². The number of rotatable bonds is 2. The third kappa shape index (κ3) is 3.35. The van der Waals surface area contributed by atoms with E-state index in [1.54, 1.807) is 32.4 Å². The van der Waals surface area contributed by atoms with E-state index in [9.17, 15) is 14.7 Å². The molecule has 0 bridgehead atoms. The lowest BCUT2D eigenvalue weighted by molar-refractivity contribution is -0.137. The molecule has 1 aromatic carbocycles. The lowest BCUT2D eigenvalue weighted by atomic mass is 10.0. The van der Waals surface area contributed by atoms with E-state index < -0.39 is 17.4 Å². The van der Waals surface area contributed by atoms with Crippen LogP contribution in [-0.4, -0.2) is 59.7 Å². The van der Waals surface area contributed by atoms with Crippen LogP contribution >= 0.6 is 11.3 Å². The van der Waals surface area contributed by atoms with Gasteiger partial charge in [-0.1, -0.05) is 11.8 Å². The smallest absolute Gasteiger partial charge is 0.277 e. The first-order chi connectivity index (χ1) is 13.8. The van der Waals surface area contributed by atoms with Crippen molar-refractivity contribution in [2.45, 2.75) is 18.1 Å². The summed E-state index contributed by atoms with van der Waals surface area (Å²) in [7, 11) is 3.19. The maximum absolute atomic E-state index is 12.1. The zero-order valence-corrected chi connectivity index (χ0v) is 16.7. The highest BCUT2D eigenvalue weighted by Crippen LogP contribution is 2.42. The second kappa shape index (κ2) is 7.15. The number of fused-ring (bicyclic) bond motifs is 3. The van der Waals surface area contributed by atoms with Crippen molar-refractivity contribution in [1.82, 2.24) is 9.88 Å². The molecule has 2 amide bonds. The van der Waals surface area contributed by atoms with E-state index in [1.807, 2.05) is 0 Å². The summed E-state index contributed by atoms with van der Waals surface area (Å²) in [5.41, 5.74) is 5.52. The SMILES string of the molecule is COC1COc2ccc(C#C[C@]3(O)CCN(C)C3=O)cc2-c2nc(C(N)=O)sc21. The Morgan fingerprint density at radius 1 is 1.52 bits per heavy atom. The van der Waals surface area contributed by atoms with E-state index in [1.165, 1.54) is 16.2 Å². The molecule has 1 fully saturated rings. The fraction of sp³-hybridized carbons (Fsp3) is 0.350. The molecule has 2 atom stereocenters. The summed E-state index contributed by atoms with van der Waals surface area (Å²) in [6.45, 7) is 0.723. The molecule has 29 heavy (non-hydrogen) atoms. The molecule has 0 saturated carbocycles. The minimum Gasteiger partial charge on any atom is -0.490 e. The molecule has 1 aromatic heterocycles. The number of methoxy groups -OCH3 is 1. The van der Waals surface area contributed by atoms with E-state index in [2.05, 4.69) is 16.8 Å². The van der Waals surface area contributed by atoms with Gasteiger partial charge in [0.15, 0.2) is 5.01 Å². The van der Waals surface area contributed by atoms with Gasteiger partial charge in [0.1, 0.15) is 18.5 Å². The Bertz CT molecular complexity index is 1070. The second-order valence-corrected chi connectivity index (χ2v) is 7.96.